The Labute approximate surface area is 67.4 Å². The molecule has 0 bridgehead atoms. The van der Waals surface area contributed by atoms with Crippen LogP contribution in [0.25, 0.3) is 0 Å². The van der Waals surface area contributed by atoms with Crippen molar-refractivity contribution in [3.8, 4) is 0 Å². The topological polar surface area (TPSA) is 42.2 Å². The Balaban J connectivity index is 2.99. The number of rotatable bonds is 2. The van der Waals surface area contributed by atoms with E-state index in [1.807, 2.05) is 0 Å². The first kappa shape index (κ1) is 8.70. The van der Waals surface area contributed by atoms with Crippen LogP contribution in [-0.4, -0.2) is 13.0 Å². The van der Waals surface area contributed by atoms with Crippen molar-refractivity contribution in [3.05, 3.63) is 23.7 Å². The molecule has 1 heterocycles. The van der Waals surface area contributed by atoms with Gasteiger partial charge in [0.1, 0.15) is 0 Å². The third-order valence-corrected chi connectivity index (χ3v) is 1.37. The number of alkyl halides is 2. The van der Waals surface area contributed by atoms with Gasteiger partial charge in [-0.1, -0.05) is 0 Å². The molecule has 0 aliphatic rings. The Bertz CT molecular complexity index is 283. The lowest BCUT2D eigenvalue weighted by Crippen LogP contribution is -2.18. The Morgan fingerprint density at radius 2 is 2.33 bits per heavy atom. The molecule has 0 saturated carbocycles. The van der Waals surface area contributed by atoms with E-state index in [1.54, 1.807) is 0 Å². The van der Waals surface area contributed by atoms with E-state index in [1.165, 1.54) is 13.1 Å². The first-order valence-electron chi connectivity index (χ1n) is 3.24. The number of amides is 1. The highest BCUT2D eigenvalue weighted by molar-refractivity contribution is 5.94. The van der Waals surface area contributed by atoms with Crippen molar-refractivity contribution in [1.29, 1.82) is 0 Å². The summed E-state index contributed by atoms with van der Waals surface area (Å²) in [5, 5.41) is 2.23. The summed E-state index contributed by atoms with van der Waals surface area (Å²) < 4.78 is 28.6. The molecule has 0 spiro atoms. The predicted octanol–water partition coefficient (Wildman–Crippen LogP) is 1.58. The minimum atomic E-state index is -2.76. The minimum Gasteiger partial charge on any atom is -0.462 e. The molecule has 0 atom stereocenters. The third-order valence-electron chi connectivity index (χ3n) is 1.37. The average Bonchev–Trinajstić information content (AvgIpc) is 2.50. The summed E-state index contributed by atoms with van der Waals surface area (Å²) in [4.78, 5) is 10.9. The van der Waals surface area contributed by atoms with E-state index in [0.29, 0.717) is 0 Å². The maximum absolute atomic E-state index is 12.1. The fraction of sp³-hybridized carbons (Fsp3) is 0.286. The van der Waals surface area contributed by atoms with Gasteiger partial charge in [0.05, 0.1) is 11.8 Å². The zero-order valence-electron chi connectivity index (χ0n) is 6.30. The first-order valence-corrected chi connectivity index (χ1v) is 3.24. The van der Waals surface area contributed by atoms with E-state index in [-0.39, 0.29) is 5.56 Å². The zero-order valence-corrected chi connectivity index (χ0v) is 6.30. The fourth-order valence-electron chi connectivity index (χ4n) is 0.812. The summed E-state index contributed by atoms with van der Waals surface area (Å²) in [7, 11) is 1.37. The third kappa shape index (κ3) is 1.44. The summed E-state index contributed by atoms with van der Waals surface area (Å²) in [6, 6.07) is 1.21. The predicted molar refractivity (Wildman–Crippen MR) is 37.1 cm³/mol. The lowest BCUT2D eigenvalue weighted by Gasteiger charge is -1.98. The molecule has 3 nitrogen and oxygen atoms in total. The molecule has 0 aliphatic carbocycles. The van der Waals surface area contributed by atoms with Crippen molar-refractivity contribution >= 4 is 5.91 Å². The second kappa shape index (κ2) is 3.34. The molecule has 0 aliphatic heterocycles. The maximum Gasteiger partial charge on any atom is 0.296 e. The highest BCUT2D eigenvalue weighted by Crippen LogP contribution is 2.23. The van der Waals surface area contributed by atoms with Crippen molar-refractivity contribution in [2.75, 3.05) is 7.05 Å². The normalized spacial score (nSPS) is 10.3. The molecule has 1 rings (SSSR count). The van der Waals surface area contributed by atoms with Gasteiger partial charge >= 0.3 is 0 Å². The zero-order chi connectivity index (χ0) is 9.14. The van der Waals surface area contributed by atoms with Crippen LogP contribution in [0.5, 0.6) is 0 Å². The van der Waals surface area contributed by atoms with Gasteiger partial charge in [-0.05, 0) is 6.07 Å². The van der Waals surface area contributed by atoms with Crippen LogP contribution in [0, 0.1) is 0 Å². The van der Waals surface area contributed by atoms with Gasteiger partial charge in [-0.2, -0.15) is 0 Å². The van der Waals surface area contributed by atoms with Gasteiger partial charge in [-0.25, -0.2) is 8.78 Å². The second-order valence-corrected chi connectivity index (χ2v) is 2.08. The number of hydrogen-bond acceptors (Lipinski definition) is 2. The monoisotopic (exact) mass is 175 g/mol. The first-order chi connectivity index (χ1) is 5.66. The summed E-state index contributed by atoms with van der Waals surface area (Å²) in [5.74, 6) is -1.16. The van der Waals surface area contributed by atoms with Gasteiger partial charge in [0, 0.05) is 7.05 Å². The van der Waals surface area contributed by atoms with E-state index >= 15 is 0 Å². The lowest BCUT2D eigenvalue weighted by atomic mass is 10.2. The number of nitrogens with one attached hydrogen (secondary N) is 1. The van der Waals surface area contributed by atoms with Gasteiger partial charge in [0.25, 0.3) is 12.3 Å². The number of furan rings is 1. The Hall–Kier alpha value is -1.39. The van der Waals surface area contributed by atoms with E-state index in [2.05, 4.69) is 9.73 Å². The molecule has 0 unspecified atom stereocenters. The van der Waals surface area contributed by atoms with Crippen LogP contribution in [0.3, 0.4) is 0 Å². The van der Waals surface area contributed by atoms with E-state index in [9.17, 15) is 13.6 Å². The molecule has 0 saturated heterocycles. The number of carbonyl (C=O) groups is 1. The number of halogens is 2. The highest BCUT2D eigenvalue weighted by atomic mass is 19.3. The van der Waals surface area contributed by atoms with Crippen LogP contribution in [0.4, 0.5) is 8.78 Å². The van der Waals surface area contributed by atoms with Gasteiger partial charge in [-0.15, -0.1) is 0 Å². The Morgan fingerprint density at radius 1 is 1.67 bits per heavy atom. The summed E-state index contributed by atoms with van der Waals surface area (Å²) in [5.41, 5.74) is -0.118. The Kier molecular flexibility index (Phi) is 2.42. The molecule has 1 aromatic heterocycles. The van der Waals surface area contributed by atoms with Crippen LogP contribution < -0.4 is 5.32 Å². The molecular formula is C7H7F2NO2. The quantitative estimate of drug-likeness (QED) is 0.741. The molecular weight excluding hydrogens is 168 g/mol. The molecule has 1 aromatic rings. The van der Waals surface area contributed by atoms with Crippen molar-refractivity contribution in [2.45, 2.75) is 6.43 Å². The molecule has 0 aromatic carbocycles. The summed E-state index contributed by atoms with van der Waals surface area (Å²) in [6.07, 6.45) is -1.70. The smallest absolute Gasteiger partial charge is 0.296 e. The molecule has 12 heavy (non-hydrogen) atoms. The molecule has 5 heteroatoms. The van der Waals surface area contributed by atoms with Crippen LogP contribution in [0.1, 0.15) is 22.5 Å². The van der Waals surface area contributed by atoms with Crippen LogP contribution in [0.15, 0.2) is 16.7 Å². The molecule has 0 fully saturated rings. The van der Waals surface area contributed by atoms with Crippen molar-refractivity contribution in [1.82, 2.24) is 5.32 Å². The van der Waals surface area contributed by atoms with Crippen LogP contribution in [0.2, 0.25) is 0 Å². The molecule has 1 amide bonds. The van der Waals surface area contributed by atoms with E-state index < -0.39 is 18.1 Å². The van der Waals surface area contributed by atoms with Crippen LogP contribution in [-0.2, 0) is 0 Å². The van der Waals surface area contributed by atoms with Crippen molar-refractivity contribution < 1.29 is 18.0 Å². The summed E-state index contributed by atoms with van der Waals surface area (Å²) in [6.45, 7) is 0. The molecule has 1 N–H and O–H groups in total. The SMILES string of the molecule is CNC(=O)c1ccoc1C(F)F. The van der Waals surface area contributed by atoms with Crippen molar-refractivity contribution in [3.63, 3.8) is 0 Å². The second-order valence-electron chi connectivity index (χ2n) is 2.08. The minimum absolute atomic E-state index is 0.118. The van der Waals surface area contributed by atoms with Gasteiger partial charge < -0.3 is 9.73 Å². The fourth-order valence-corrected chi connectivity index (χ4v) is 0.812. The van der Waals surface area contributed by atoms with Gasteiger partial charge in [0.15, 0.2) is 5.76 Å². The largest absolute Gasteiger partial charge is 0.462 e. The van der Waals surface area contributed by atoms with E-state index in [0.717, 1.165) is 6.26 Å². The Morgan fingerprint density at radius 3 is 2.83 bits per heavy atom. The standard InChI is InChI=1S/C7H7F2NO2/c1-10-7(11)4-2-3-12-5(4)6(8)9/h2-3,6H,1H3,(H,10,11). The number of carbonyl (C=O) groups excluding carboxylic acids is 1. The molecule has 0 radical (unpaired) electrons. The highest BCUT2D eigenvalue weighted by Gasteiger charge is 2.20. The number of hydrogen-bond donors (Lipinski definition) is 1. The average molecular weight is 175 g/mol. The van der Waals surface area contributed by atoms with Crippen molar-refractivity contribution in [2.24, 2.45) is 0 Å². The van der Waals surface area contributed by atoms with Gasteiger partial charge in [-0.3, -0.25) is 4.79 Å². The molecule has 66 valence electrons. The van der Waals surface area contributed by atoms with Gasteiger partial charge in [0.2, 0.25) is 0 Å². The summed E-state index contributed by atoms with van der Waals surface area (Å²) >= 11 is 0. The maximum atomic E-state index is 12.1. The van der Waals surface area contributed by atoms with E-state index in [4.69, 9.17) is 0 Å². The van der Waals surface area contributed by atoms with Crippen LogP contribution >= 0.6 is 0 Å². The lowest BCUT2D eigenvalue weighted by molar-refractivity contribution is 0.0929.